The molecule has 0 fully saturated rings. The van der Waals surface area contributed by atoms with E-state index in [0.29, 0.717) is 28.5 Å². The molecule has 1 amide bonds. The van der Waals surface area contributed by atoms with Crippen LogP contribution in [-0.2, 0) is 17.6 Å². The number of amides is 1. The van der Waals surface area contributed by atoms with E-state index in [0.717, 1.165) is 49.0 Å². The van der Waals surface area contributed by atoms with Crippen molar-refractivity contribution >= 4 is 51.4 Å². The van der Waals surface area contributed by atoms with Crippen molar-refractivity contribution in [2.24, 2.45) is 0 Å². The van der Waals surface area contributed by atoms with E-state index in [9.17, 15) is 9.59 Å². The monoisotopic (exact) mass is 455 g/mol. The standard InChI is InChI=1S/C21H23Cl2NO4S/c1-3-4-9-28-18-14(22)10-12(11-15(18)23)19(25)24-20-17(21(26)27-2)13-7-5-6-8-16(13)29-20/h10-11H,3-9H2,1-2H3,(H,24,25). The zero-order valence-corrected chi connectivity index (χ0v) is 18.7. The Hall–Kier alpha value is -1.76. The van der Waals surface area contributed by atoms with Gasteiger partial charge in [-0.05, 0) is 49.8 Å². The van der Waals surface area contributed by atoms with Crippen LogP contribution in [0.5, 0.6) is 5.75 Å². The van der Waals surface area contributed by atoms with Crippen molar-refractivity contribution in [2.45, 2.75) is 45.4 Å². The Balaban J connectivity index is 1.85. The van der Waals surface area contributed by atoms with Gasteiger partial charge in [-0.2, -0.15) is 0 Å². The average molecular weight is 456 g/mol. The Morgan fingerprint density at radius 3 is 2.52 bits per heavy atom. The second kappa shape index (κ2) is 9.83. The topological polar surface area (TPSA) is 64.6 Å². The maximum absolute atomic E-state index is 12.9. The number of anilines is 1. The van der Waals surface area contributed by atoms with Crippen LogP contribution in [0.2, 0.25) is 10.0 Å². The fourth-order valence-corrected chi connectivity index (χ4v) is 5.16. The number of unbranched alkanes of at least 4 members (excludes halogenated alkanes) is 1. The summed E-state index contributed by atoms with van der Waals surface area (Å²) in [7, 11) is 1.34. The van der Waals surface area contributed by atoms with Gasteiger partial charge in [0, 0.05) is 10.4 Å². The molecule has 1 N–H and O–H groups in total. The molecular weight excluding hydrogens is 433 g/mol. The van der Waals surface area contributed by atoms with E-state index in [1.165, 1.54) is 30.6 Å². The molecular formula is C21H23Cl2NO4S. The summed E-state index contributed by atoms with van der Waals surface area (Å²) in [6.45, 7) is 2.57. The Kier molecular flexibility index (Phi) is 7.44. The molecule has 1 aromatic heterocycles. The van der Waals surface area contributed by atoms with Crippen molar-refractivity contribution in [3.8, 4) is 5.75 Å². The summed E-state index contributed by atoms with van der Waals surface area (Å²) in [5, 5.41) is 3.90. The number of methoxy groups -OCH3 is 1. The first-order valence-corrected chi connectivity index (χ1v) is 11.2. The molecule has 2 aromatic rings. The van der Waals surface area contributed by atoms with Crippen LogP contribution in [0.15, 0.2) is 12.1 Å². The van der Waals surface area contributed by atoms with Gasteiger partial charge in [0.05, 0.1) is 29.3 Å². The number of esters is 1. The maximum Gasteiger partial charge on any atom is 0.341 e. The maximum atomic E-state index is 12.9. The molecule has 1 heterocycles. The molecule has 1 aliphatic rings. The molecule has 3 rings (SSSR count). The van der Waals surface area contributed by atoms with E-state index in [1.54, 1.807) is 0 Å². The molecule has 5 nitrogen and oxygen atoms in total. The molecule has 0 bridgehead atoms. The van der Waals surface area contributed by atoms with Crippen molar-refractivity contribution in [1.82, 2.24) is 0 Å². The fraction of sp³-hybridized carbons (Fsp3) is 0.429. The number of aryl methyl sites for hydroxylation is 1. The van der Waals surface area contributed by atoms with Crippen molar-refractivity contribution in [3.63, 3.8) is 0 Å². The third-order valence-electron chi connectivity index (χ3n) is 4.79. The smallest absolute Gasteiger partial charge is 0.341 e. The number of thiophene rings is 1. The molecule has 0 saturated carbocycles. The lowest BCUT2D eigenvalue weighted by atomic mass is 9.95. The SMILES string of the molecule is CCCCOc1c(Cl)cc(C(=O)Nc2sc3c(c2C(=O)OC)CCCC3)cc1Cl. The van der Waals surface area contributed by atoms with Gasteiger partial charge in [-0.15, -0.1) is 11.3 Å². The van der Waals surface area contributed by atoms with Gasteiger partial charge in [-0.1, -0.05) is 36.5 Å². The molecule has 0 unspecified atom stereocenters. The van der Waals surface area contributed by atoms with Crippen LogP contribution in [0.4, 0.5) is 5.00 Å². The number of nitrogens with one attached hydrogen (secondary N) is 1. The van der Waals surface area contributed by atoms with E-state index in [4.69, 9.17) is 32.7 Å². The third-order valence-corrected chi connectivity index (χ3v) is 6.56. The number of hydrogen-bond donors (Lipinski definition) is 1. The summed E-state index contributed by atoms with van der Waals surface area (Å²) in [5.74, 6) is -0.451. The van der Waals surface area contributed by atoms with Gasteiger partial charge >= 0.3 is 5.97 Å². The van der Waals surface area contributed by atoms with Crippen molar-refractivity contribution < 1.29 is 19.1 Å². The summed E-state index contributed by atoms with van der Waals surface area (Å²) in [6, 6.07) is 3.05. The molecule has 0 radical (unpaired) electrons. The van der Waals surface area contributed by atoms with Gasteiger partial charge in [0.25, 0.3) is 5.91 Å². The molecule has 1 aromatic carbocycles. The normalized spacial score (nSPS) is 13.0. The highest BCUT2D eigenvalue weighted by Gasteiger charge is 2.27. The molecule has 0 aliphatic heterocycles. The number of hydrogen-bond acceptors (Lipinski definition) is 5. The molecule has 29 heavy (non-hydrogen) atoms. The van der Waals surface area contributed by atoms with Gasteiger partial charge < -0.3 is 14.8 Å². The molecule has 8 heteroatoms. The number of fused-ring (bicyclic) bond motifs is 1. The lowest BCUT2D eigenvalue weighted by Crippen LogP contribution is -2.15. The van der Waals surface area contributed by atoms with Gasteiger partial charge in [0.1, 0.15) is 5.00 Å². The lowest BCUT2D eigenvalue weighted by Gasteiger charge is -2.12. The Morgan fingerprint density at radius 2 is 1.86 bits per heavy atom. The number of benzene rings is 1. The molecule has 0 saturated heterocycles. The number of carbonyl (C=O) groups excluding carboxylic acids is 2. The molecule has 156 valence electrons. The van der Waals surface area contributed by atoms with Crippen LogP contribution >= 0.6 is 34.5 Å². The number of rotatable bonds is 7. The second-order valence-corrected chi connectivity index (χ2v) is 8.75. The Labute approximate surface area is 184 Å². The average Bonchev–Trinajstić information content (AvgIpc) is 3.07. The first-order chi connectivity index (χ1) is 14.0. The largest absolute Gasteiger partial charge is 0.490 e. The van der Waals surface area contributed by atoms with Crippen LogP contribution < -0.4 is 10.1 Å². The summed E-state index contributed by atoms with van der Waals surface area (Å²) in [6.07, 6.45) is 5.68. The van der Waals surface area contributed by atoms with E-state index in [2.05, 4.69) is 12.2 Å². The van der Waals surface area contributed by atoms with Crippen LogP contribution in [0.3, 0.4) is 0 Å². The minimum atomic E-state index is -0.435. The fourth-order valence-electron chi connectivity index (χ4n) is 3.29. The van der Waals surface area contributed by atoms with Crippen LogP contribution in [0.25, 0.3) is 0 Å². The van der Waals surface area contributed by atoms with Crippen molar-refractivity contribution in [2.75, 3.05) is 19.0 Å². The Morgan fingerprint density at radius 1 is 1.17 bits per heavy atom. The van der Waals surface area contributed by atoms with Crippen LogP contribution in [0, 0.1) is 0 Å². The highest BCUT2D eigenvalue weighted by atomic mass is 35.5. The quantitative estimate of drug-likeness (QED) is 0.401. The highest BCUT2D eigenvalue weighted by molar-refractivity contribution is 7.17. The molecule has 1 aliphatic carbocycles. The minimum Gasteiger partial charge on any atom is -0.490 e. The second-order valence-electron chi connectivity index (χ2n) is 6.83. The van der Waals surface area contributed by atoms with Gasteiger partial charge in [-0.25, -0.2) is 4.79 Å². The third kappa shape index (κ3) is 4.87. The van der Waals surface area contributed by atoms with Crippen molar-refractivity contribution in [1.29, 1.82) is 0 Å². The zero-order chi connectivity index (χ0) is 21.0. The van der Waals surface area contributed by atoms with Gasteiger partial charge in [-0.3, -0.25) is 4.79 Å². The number of carbonyl (C=O) groups is 2. The summed E-state index contributed by atoms with van der Waals surface area (Å²) < 4.78 is 10.6. The number of halogens is 2. The zero-order valence-electron chi connectivity index (χ0n) is 16.4. The van der Waals surface area contributed by atoms with E-state index in [1.807, 2.05) is 0 Å². The Bertz CT molecular complexity index is 903. The molecule has 0 spiro atoms. The summed E-state index contributed by atoms with van der Waals surface area (Å²) in [5.41, 5.74) is 1.74. The first kappa shape index (κ1) is 21.9. The molecule has 0 atom stereocenters. The predicted octanol–water partition coefficient (Wildman–Crippen LogP) is 6.15. The minimum absolute atomic E-state index is 0.275. The van der Waals surface area contributed by atoms with E-state index >= 15 is 0 Å². The predicted molar refractivity (Wildman–Crippen MR) is 117 cm³/mol. The van der Waals surface area contributed by atoms with Gasteiger partial charge in [0.15, 0.2) is 5.75 Å². The summed E-state index contributed by atoms with van der Waals surface area (Å²) >= 11 is 14.0. The number of ether oxygens (including phenoxy) is 2. The summed E-state index contributed by atoms with van der Waals surface area (Å²) in [4.78, 5) is 26.3. The first-order valence-electron chi connectivity index (χ1n) is 9.62. The highest BCUT2D eigenvalue weighted by Crippen LogP contribution is 2.39. The lowest BCUT2D eigenvalue weighted by molar-refractivity contribution is 0.0601. The van der Waals surface area contributed by atoms with Crippen molar-refractivity contribution in [3.05, 3.63) is 43.7 Å². The van der Waals surface area contributed by atoms with E-state index < -0.39 is 11.9 Å². The van der Waals surface area contributed by atoms with Crippen LogP contribution in [0.1, 0.15) is 63.8 Å². The van der Waals surface area contributed by atoms with Crippen LogP contribution in [-0.4, -0.2) is 25.6 Å². The van der Waals surface area contributed by atoms with E-state index in [-0.39, 0.29) is 10.0 Å². The van der Waals surface area contributed by atoms with Gasteiger partial charge in [0.2, 0.25) is 0 Å².